The Morgan fingerprint density at radius 3 is 2.55 bits per heavy atom. The molecule has 0 fully saturated rings. The maximum atomic E-state index is 12.6. The zero-order valence-corrected chi connectivity index (χ0v) is 13.5. The summed E-state index contributed by atoms with van der Waals surface area (Å²) in [5, 5.41) is 0. The first-order chi connectivity index (χ1) is 10.2. The molecule has 0 amide bonds. The molecule has 0 N–H and O–H groups in total. The number of hydrogen-bond donors (Lipinski definition) is 0. The van der Waals surface area contributed by atoms with Gasteiger partial charge in [-0.25, -0.2) is 0 Å². The summed E-state index contributed by atoms with van der Waals surface area (Å²) in [6, 6.07) is 1.53. The van der Waals surface area contributed by atoms with Gasteiger partial charge in [0, 0.05) is 37.2 Å². The second-order valence-corrected chi connectivity index (χ2v) is 5.49. The molecule has 1 aromatic rings. The minimum atomic E-state index is -4.30. The highest BCUT2D eigenvalue weighted by Crippen LogP contribution is 2.23. The highest BCUT2D eigenvalue weighted by molar-refractivity contribution is 5.99. The highest BCUT2D eigenvalue weighted by Gasteiger charge is 2.30. The molecule has 0 saturated carbocycles. The van der Waals surface area contributed by atoms with Crippen LogP contribution < -0.4 is 0 Å². The van der Waals surface area contributed by atoms with Crippen LogP contribution in [0.2, 0.25) is 0 Å². The maximum Gasteiger partial charge on any atom is 0.406 e. The van der Waals surface area contributed by atoms with Crippen molar-refractivity contribution in [1.29, 1.82) is 0 Å². The van der Waals surface area contributed by atoms with Gasteiger partial charge >= 0.3 is 6.18 Å². The molecule has 126 valence electrons. The molecule has 7 heteroatoms. The van der Waals surface area contributed by atoms with Crippen molar-refractivity contribution in [1.82, 2.24) is 9.47 Å². The van der Waals surface area contributed by atoms with E-state index in [1.807, 2.05) is 11.9 Å². The van der Waals surface area contributed by atoms with Crippen LogP contribution in [0.1, 0.15) is 28.2 Å². The number of halogens is 3. The quantitative estimate of drug-likeness (QED) is 0.546. The van der Waals surface area contributed by atoms with Crippen molar-refractivity contribution >= 4 is 5.78 Å². The maximum absolute atomic E-state index is 12.6. The van der Waals surface area contributed by atoms with E-state index in [0.717, 1.165) is 11.0 Å². The largest absolute Gasteiger partial charge is 0.406 e. The Morgan fingerprint density at radius 2 is 2.00 bits per heavy atom. The van der Waals surface area contributed by atoms with Crippen LogP contribution in [0.15, 0.2) is 6.07 Å². The van der Waals surface area contributed by atoms with Gasteiger partial charge in [-0.05, 0) is 33.4 Å². The van der Waals surface area contributed by atoms with Crippen LogP contribution in [0, 0.1) is 13.8 Å². The first kappa shape index (κ1) is 18.7. The normalized spacial score (nSPS) is 12.2. The van der Waals surface area contributed by atoms with E-state index in [-0.39, 0.29) is 12.3 Å². The Hall–Kier alpha value is -1.34. The standard InChI is InChI=1S/C15H23F3N2O2/c1-11-8-13(12(2)20(11)10-15(16,17)18)14(21)9-19(3)6-5-7-22-4/h8H,5-7,9-10H2,1-4H3. The van der Waals surface area contributed by atoms with E-state index in [1.54, 1.807) is 21.0 Å². The number of carbonyl (C=O) groups is 1. The van der Waals surface area contributed by atoms with Gasteiger partial charge in [-0.2, -0.15) is 13.2 Å². The number of aryl methyl sites for hydroxylation is 1. The van der Waals surface area contributed by atoms with E-state index in [9.17, 15) is 18.0 Å². The van der Waals surface area contributed by atoms with E-state index >= 15 is 0 Å². The summed E-state index contributed by atoms with van der Waals surface area (Å²) in [4.78, 5) is 14.1. The van der Waals surface area contributed by atoms with Gasteiger partial charge in [0.05, 0.1) is 6.54 Å². The summed E-state index contributed by atoms with van der Waals surface area (Å²) >= 11 is 0. The van der Waals surface area contributed by atoms with Crippen LogP contribution in [-0.4, -0.2) is 55.3 Å². The fraction of sp³-hybridized carbons (Fsp3) is 0.667. The van der Waals surface area contributed by atoms with E-state index in [4.69, 9.17) is 4.74 Å². The minimum absolute atomic E-state index is 0.165. The molecule has 1 rings (SSSR count). The SMILES string of the molecule is COCCCN(C)CC(=O)c1cc(C)n(CC(F)(F)F)c1C. The Labute approximate surface area is 128 Å². The van der Waals surface area contributed by atoms with Crippen molar-refractivity contribution in [2.24, 2.45) is 0 Å². The lowest BCUT2D eigenvalue weighted by atomic mass is 10.1. The van der Waals surface area contributed by atoms with Gasteiger partial charge in [0.1, 0.15) is 6.54 Å². The van der Waals surface area contributed by atoms with Crippen LogP contribution in [-0.2, 0) is 11.3 Å². The average Bonchev–Trinajstić information content (AvgIpc) is 2.65. The number of likely N-dealkylation sites (N-methyl/N-ethyl adjacent to an activating group) is 1. The summed E-state index contributed by atoms with van der Waals surface area (Å²) in [5.74, 6) is -0.165. The van der Waals surface area contributed by atoms with Gasteiger partial charge in [0.2, 0.25) is 0 Å². The first-order valence-corrected chi connectivity index (χ1v) is 7.10. The number of ether oxygens (including phenoxy) is 1. The number of nitrogens with zero attached hydrogens (tertiary/aromatic N) is 2. The first-order valence-electron chi connectivity index (χ1n) is 7.10. The van der Waals surface area contributed by atoms with Crippen molar-refractivity contribution in [3.63, 3.8) is 0 Å². The van der Waals surface area contributed by atoms with Crippen LogP contribution in [0.5, 0.6) is 0 Å². The second kappa shape index (κ2) is 7.78. The molecule has 0 spiro atoms. The predicted octanol–water partition coefficient (Wildman–Crippen LogP) is 2.82. The lowest BCUT2D eigenvalue weighted by molar-refractivity contribution is -0.141. The van der Waals surface area contributed by atoms with Crippen molar-refractivity contribution in [2.45, 2.75) is 33.0 Å². The zero-order valence-electron chi connectivity index (χ0n) is 13.5. The molecule has 4 nitrogen and oxygen atoms in total. The number of ketones is 1. The molecule has 0 aromatic carbocycles. The zero-order chi connectivity index (χ0) is 16.9. The van der Waals surface area contributed by atoms with Gasteiger partial charge in [0.25, 0.3) is 0 Å². The van der Waals surface area contributed by atoms with Crippen molar-refractivity contribution in [3.05, 3.63) is 23.0 Å². The number of aromatic nitrogens is 1. The topological polar surface area (TPSA) is 34.5 Å². The molecule has 1 aromatic heterocycles. The van der Waals surface area contributed by atoms with Crippen LogP contribution in [0.25, 0.3) is 0 Å². The molecule has 0 saturated heterocycles. The molecule has 1 heterocycles. The third-order valence-electron chi connectivity index (χ3n) is 3.51. The summed E-state index contributed by atoms with van der Waals surface area (Å²) in [6.07, 6.45) is -3.50. The molecular weight excluding hydrogens is 297 g/mol. The van der Waals surface area contributed by atoms with Crippen molar-refractivity contribution in [3.8, 4) is 0 Å². The number of carbonyl (C=O) groups excluding carboxylic acids is 1. The van der Waals surface area contributed by atoms with Gasteiger partial charge in [-0.15, -0.1) is 0 Å². The third kappa shape index (κ3) is 5.46. The fourth-order valence-corrected chi connectivity index (χ4v) is 2.39. The number of methoxy groups -OCH3 is 1. The highest BCUT2D eigenvalue weighted by atomic mass is 19.4. The molecule has 0 bridgehead atoms. The number of rotatable bonds is 8. The van der Waals surface area contributed by atoms with Crippen LogP contribution in [0.3, 0.4) is 0 Å². The predicted molar refractivity (Wildman–Crippen MR) is 78.3 cm³/mol. The summed E-state index contributed by atoms with van der Waals surface area (Å²) < 4.78 is 43.8. The van der Waals surface area contributed by atoms with Crippen LogP contribution in [0.4, 0.5) is 13.2 Å². The molecule has 0 aliphatic rings. The molecule has 0 aliphatic heterocycles. The molecular formula is C15H23F3N2O2. The van der Waals surface area contributed by atoms with Gasteiger partial charge in [-0.3, -0.25) is 9.69 Å². The van der Waals surface area contributed by atoms with Gasteiger partial charge < -0.3 is 9.30 Å². The van der Waals surface area contributed by atoms with E-state index in [2.05, 4.69) is 0 Å². The molecule has 0 unspecified atom stereocenters. The van der Waals surface area contributed by atoms with Crippen LogP contribution >= 0.6 is 0 Å². The van der Waals surface area contributed by atoms with Gasteiger partial charge in [-0.1, -0.05) is 0 Å². The third-order valence-corrected chi connectivity index (χ3v) is 3.51. The van der Waals surface area contributed by atoms with Crippen molar-refractivity contribution in [2.75, 3.05) is 33.9 Å². The lowest BCUT2D eigenvalue weighted by Crippen LogP contribution is -2.28. The number of Topliss-reactive ketones (excluding diaryl/α,β-unsaturated/α-hetero) is 1. The Bertz CT molecular complexity index is 510. The molecule has 22 heavy (non-hydrogen) atoms. The van der Waals surface area contributed by atoms with Crippen molar-refractivity contribution < 1.29 is 22.7 Å². The van der Waals surface area contributed by atoms with E-state index in [0.29, 0.717) is 30.1 Å². The average molecular weight is 320 g/mol. The van der Waals surface area contributed by atoms with Gasteiger partial charge in [0.15, 0.2) is 5.78 Å². The monoisotopic (exact) mass is 320 g/mol. The van der Waals surface area contributed by atoms with E-state index in [1.165, 1.54) is 6.07 Å². The van der Waals surface area contributed by atoms with E-state index < -0.39 is 12.7 Å². The lowest BCUT2D eigenvalue weighted by Gasteiger charge is -2.16. The Morgan fingerprint density at radius 1 is 1.36 bits per heavy atom. The summed E-state index contributed by atoms with van der Waals surface area (Å²) in [6.45, 7) is 3.55. The minimum Gasteiger partial charge on any atom is -0.385 e. The fourth-order valence-electron chi connectivity index (χ4n) is 2.39. The number of alkyl halides is 3. The molecule has 0 radical (unpaired) electrons. The summed E-state index contributed by atoms with van der Waals surface area (Å²) in [5.41, 5.74) is 1.17. The molecule has 0 aliphatic carbocycles. The smallest absolute Gasteiger partial charge is 0.385 e. The number of hydrogen-bond acceptors (Lipinski definition) is 3. The second-order valence-electron chi connectivity index (χ2n) is 5.49. The Balaban J connectivity index is 2.76. The summed E-state index contributed by atoms with van der Waals surface area (Å²) in [7, 11) is 3.42. The molecule has 0 atom stereocenters. The Kier molecular flexibility index (Phi) is 6.62.